The van der Waals surface area contributed by atoms with E-state index in [0.717, 1.165) is 29.4 Å². The molecule has 1 heterocycles. The second-order valence-electron chi connectivity index (χ2n) is 6.17. The third kappa shape index (κ3) is 5.90. The summed E-state index contributed by atoms with van der Waals surface area (Å²) >= 11 is 0. The zero-order valence-corrected chi connectivity index (χ0v) is 16.8. The Morgan fingerprint density at radius 2 is 1.76 bits per heavy atom. The number of aromatic amines is 1. The molecular weight excluding hydrogens is 360 g/mol. The number of fused-ring (bicyclic) bond motifs is 1. The molecular formula is C18H29ClN2O3S. The van der Waals surface area contributed by atoms with Crippen molar-refractivity contribution < 1.29 is 29.9 Å². The summed E-state index contributed by atoms with van der Waals surface area (Å²) in [7, 11) is -3.53. The standard InChI is InChI=1S/C18H28N2O3S.ClH/c1-4-11-20(12-5-2)13-10-15-14-19-16-8-7-9-17(18(15)16)23-24(21,22)6-3;/h7-9,14,19H,4-6,10-13H2,1-3H3;1H. The Hall–Kier alpha value is -1.24. The lowest BCUT2D eigenvalue weighted by Gasteiger charge is -2.18. The lowest BCUT2D eigenvalue weighted by molar-refractivity contribution is -0.900. The SMILES string of the molecule is CCC[NH+](CCC)CCc1c[nH]c2cccc(OS(=O)(=O)CC)c12.[Cl-]. The predicted octanol–water partition coefficient (Wildman–Crippen LogP) is -0.852. The molecule has 25 heavy (non-hydrogen) atoms. The summed E-state index contributed by atoms with van der Waals surface area (Å²) in [4.78, 5) is 4.83. The molecule has 0 spiro atoms. The van der Waals surface area contributed by atoms with Crippen molar-refractivity contribution in [2.75, 3.05) is 25.4 Å². The monoisotopic (exact) mass is 388 g/mol. The maximum absolute atomic E-state index is 11.8. The van der Waals surface area contributed by atoms with E-state index in [9.17, 15) is 8.42 Å². The van der Waals surface area contributed by atoms with Crippen LogP contribution in [0.15, 0.2) is 24.4 Å². The van der Waals surface area contributed by atoms with Gasteiger partial charge in [-0.15, -0.1) is 0 Å². The van der Waals surface area contributed by atoms with Crippen LogP contribution < -0.4 is 21.5 Å². The van der Waals surface area contributed by atoms with Gasteiger partial charge in [0.25, 0.3) is 0 Å². The molecule has 0 saturated heterocycles. The molecule has 142 valence electrons. The zero-order chi connectivity index (χ0) is 17.6. The van der Waals surface area contributed by atoms with Crippen LogP contribution in [-0.2, 0) is 16.5 Å². The minimum Gasteiger partial charge on any atom is -1.00 e. The third-order valence-corrected chi connectivity index (χ3v) is 5.42. The molecule has 2 aromatic rings. The number of H-pyrrole nitrogens is 1. The molecule has 0 radical (unpaired) electrons. The molecule has 0 aliphatic carbocycles. The summed E-state index contributed by atoms with van der Waals surface area (Å²) in [5, 5.41) is 0.891. The number of quaternary nitrogens is 1. The van der Waals surface area contributed by atoms with Crippen LogP contribution in [0.4, 0.5) is 0 Å². The van der Waals surface area contributed by atoms with Crippen LogP contribution in [0.1, 0.15) is 39.2 Å². The Bertz CT molecular complexity index is 753. The average molecular weight is 389 g/mol. The number of rotatable bonds is 10. The van der Waals surface area contributed by atoms with E-state index in [1.165, 1.54) is 25.9 Å². The van der Waals surface area contributed by atoms with Gasteiger partial charge in [-0.3, -0.25) is 0 Å². The molecule has 7 heteroatoms. The molecule has 2 rings (SSSR count). The number of hydrogen-bond acceptors (Lipinski definition) is 3. The van der Waals surface area contributed by atoms with Crippen LogP contribution in [0.5, 0.6) is 5.75 Å². The summed E-state index contributed by atoms with van der Waals surface area (Å²) in [6.07, 6.45) is 5.23. The van der Waals surface area contributed by atoms with Crippen molar-refractivity contribution in [2.24, 2.45) is 0 Å². The second kappa shape index (κ2) is 10.0. The van der Waals surface area contributed by atoms with Crippen molar-refractivity contribution in [3.05, 3.63) is 30.0 Å². The highest BCUT2D eigenvalue weighted by Gasteiger charge is 2.16. The smallest absolute Gasteiger partial charge is 0.308 e. The van der Waals surface area contributed by atoms with E-state index in [1.54, 1.807) is 17.9 Å². The summed E-state index contributed by atoms with van der Waals surface area (Å²) in [6.45, 7) is 9.40. The van der Waals surface area contributed by atoms with Gasteiger partial charge in [-0.2, -0.15) is 8.42 Å². The Morgan fingerprint density at radius 1 is 1.08 bits per heavy atom. The van der Waals surface area contributed by atoms with Crippen molar-refractivity contribution in [3.8, 4) is 5.75 Å². The topological polar surface area (TPSA) is 63.6 Å². The largest absolute Gasteiger partial charge is 1.00 e. The fraction of sp³-hybridized carbons (Fsp3) is 0.556. The molecule has 1 aromatic carbocycles. The third-order valence-electron chi connectivity index (χ3n) is 4.27. The quantitative estimate of drug-likeness (QED) is 0.521. The van der Waals surface area contributed by atoms with E-state index in [2.05, 4.69) is 18.8 Å². The zero-order valence-electron chi connectivity index (χ0n) is 15.3. The van der Waals surface area contributed by atoms with Gasteiger partial charge in [0.15, 0.2) is 5.75 Å². The van der Waals surface area contributed by atoms with Crippen LogP contribution in [-0.4, -0.2) is 38.8 Å². The molecule has 0 atom stereocenters. The molecule has 0 aliphatic rings. The van der Waals surface area contributed by atoms with E-state index >= 15 is 0 Å². The maximum Gasteiger partial charge on any atom is 0.308 e. The van der Waals surface area contributed by atoms with Crippen LogP contribution >= 0.6 is 0 Å². The fourth-order valence-corrected chi connectivity index (χ4v) is 3.61. The van der Waals surface area contributed by atoms with Gasteiger partial charge in [0.2, 0.25) is 0 Å². The lowest BCUT2D eigenvalue weighted by Crippen LogP contribution is -3.12. The Balaban J connectivity index is 0.00000312. The number of benzene rings is 1. The van der Waals surface area contributed by atoms with E-state index < -0.39 is 10.1 Å². The van der Waals surface area contributed by atoms with Gasteiger partial charge in [0.05, 0.1) is 25.4 Å². The molecule has 0 bridgehead atoms. The lowest BCUT2D eigenvalue weighted by atomic mass is 10.1. The van der Waals surface area contributed by atoms with Crippen LogP contribution in [0, 0.1) is 0 Å². The summed E-state index contributed by atoms with van der Waals surface area (Å²) in [5.74, 6) is 0.395. The van der Waals surface area contributed by atoms with E-state index in [1.807, 2.05) is 18.3 Å². The van der Waals surface area contributed by atoms with Crippen LogP contribution in [0.25, 0.3) is 10.9 Å². The highest BCUT2D eigenvalue weighted by molar-refractivity contribution is 7.87. The molecule has 1 aromatic heterocycles. The molecule has 0 saturated carbocycles. The predicted molar refractivity (Wildman–Crippen MR) is 98.2 cm³/mol. The van der Waals surface area contributed by atoms with Crippen molar-refractivity contribution in [1.29, 1.82) is 0 Å². The summed E-state index contributed by atoms with van der Waals surface area (Å²) in [5.41, 5.74) is 2.04. The van der Waals surface area contributed by atoms with Gasteiger partial charge in [0, 0.05) is 23.5 Å². The van der Waals surface area contributed by atoms with Gasteiger partial charge in [-0.05, 0) is 37.5 Å². The van der Waals surface area contributed by atoms with Gasteiger partial charge in [0.1, 0.15) is 0 Å². The van der Waals surface area contributed by atoms with Gasteiger partial charge >= 0.3 is 10.1 Å². The Kier molecular flexibility index (Phi) is 8.76. The van der Waals surface area contributed by atoms with Crippen LogP contribution in [0.3, 0.4) is 0 Å². The Morgan fingerprint density at radius 3 is 2.36 bits per heavy atom. The van der Waals surface area contributed by atoms with Crippen molar-refractivity contribution in [3.63, 3.8) is 0 Å². The van der Waals surface area contributed by atoms with E-state index in [-0.39, 0.29) is 18.2 Å². The summed E-state index contributed by atoms with van der Waals surface area (Å²) < 4.78 is 29.0. The first-order valence-corrected chi connectivity index (χ1v) is 10.4. The number of aromatic nitrogens is 1. The minimum atomic E-state index is -3.53. The van der Waals surface area contributed by atoms with Gasteiger partial charge < -0.3 is 26.5 Å². The van der Waals surface area contributed by atoms with E-state index in [4.69, 9.17) is 4.18 Å². The molecule has 0 fully saturated rings. The maximum atomic E-state index is 11.8. The number of hydrogen-bond donors (Lipinski definition) is 2. The van der Waals surface area contributed by atoms with Gasteiger partial charge in [-0.25, -0.2) is 0 Å². The second-order valence-corrected chi connectivity index (χ2v) is 8.03. The molecule has 0 amide bonds. The minimum absolute atomic E-state index is 0. The molecule has 5 nitrogen and oxygen atoms in total. The number of nitrogens with one attached hydrogen (secondary N) is 2. The van der Waals surface area contributed by atoms with E-state index in [0.29, 0.717) is 5.75 Å². The Labute approximate surface area is 157 Å². The first kappa shape index (κ1) is 21.8. The molecule has 0 unspecified atom stereocenters. The van der Waals surface area contributed by atoms with Crippen LogP contribution in [0.2, 0.25) is 0 Å². The molecule has 2 N–H and O–H groups in total. The van der Waals surface area contributed by atoms with Crippen molar-refractivity contribution >= 4 is 21.0 Å². The highest BCUT2D eigenvalue weighted by Crippen LogP contribution is 2.30. The average Bonchev–Trinajstić information content (AvgIpc) is 2.97. The molecule has 0 aliphatic heterocycles. The number of halogens is 1. The first-order valence-electron chi connectivity index (χ1n) is 8.85. The van der Waals surface area contributed by atoms with Gasteiger partial charge in [-0.1, -0.05) is 19.9 Å². The highest BCUT2D eigenvalue weighted by atomic mass is 35.5. The van der Waals surface area contributed by atoms with Crippen molar-refractivity contribution in [2.45, 2.75) is 40.0 Å². The summed E-state index contributed by atoms with van der Waals surface area (Å²) in [6, 6.07) is 5.50. The fourth-order valence-electron chi connectivity index (χ4n) is 3.08. The first-order chi connectivity index (χ1) is 11.5. The normalized spacial score (nSPS) is 11.7. The van der Waals surface area contributed by atoms with Crippen molar-refractivity contribution in [1.82, 2.24) is 4.98 Å².